The average molecular weight is 522 g/mol. The van der Waals surface area contributed by atoms with Crippen LogP contribution in [0.5, 0.6) is 0 Å². The zero-order chi connectivity index (χ0) is 18.4. The first-order chi connectivity index (χ1) is 12.7. The summed E-state index contributed by atoms with van der Waals surface area (Å²) < 4.78 is 0.682. The summed E-state index contributed by atoms with van der Waals surface area (Å²) >= 11 is 7.31. The summed E-state index contributed by atoms with van der Waals surface area (Å²) in [7, 11) is 1.74. The third-order valence-electron chi connectivity index (χ3n) is 4.42. The van der Waals surface area contributed by atoms with Gasteiger partial charge >= 0.3 is 0 Å². The van der Waals surface area contributed by atoms with E-state index in [1.165, 1.54) is 11.3 Å². The van der Waals surface area contributed by atoms with Crippen molar-refractivity contribution in [3.63, 3.8) is 0 Å². The molecule has 9 heteroatoms. The van der Waals surface area contributed by atoms with Gasteiger partial charge in [-0.05, 0) is 37.1 Å². The van der Waals surface area contributed by atoms with Gasteiger partial charge < -0.3 is 20.6 Å². The van der Waals surface area contributed by atoms with Crippen LogP contribution in [-0.4, -0.2) is 48.8 Å². The van der Waals surface area contributed by atoms with Crippen molar-refractivity contribution in [2.45, 2.75) is 25.0 Å². The molecule has 1 fully saturated rings. The topological polar surface area (TPSA) is 72.8 Å². The molecule has 1 aliphatic rings. The Morgan fingerprint density at radius 2 is 2.15 bits per heavy atom. The number of thiophene rings is 1. The van der Waals surface area contributed by atoms with Gasteiger partial charge in [0.05, 0.1) is 4.34 Å². The molecule has 1 aliphatic heterocycles. The monoisotopic (exact) mass is 521 g/mol. The van der Waals surface area contributed by atoms with Gasteiger partial charge in [-0.3, -0.25) is 4.99 Å². The number of rotatable bonds is 5. The molecule has 0 saturated carbocycles. The molecule has 0 aliphatic carbocycles. The van der Waals surface area contributed by atoms with E-state index in [1.807, 2.05) is 30.5 Å². The van der Waals surface area contributed by atoms with Crippen molar-refractivity contribution in [1.29, 1.82) is 0 Å². The van der Waals surface area contributed by atoms with E-state index in [9.17, 15) is 5.11 Å². The van der Waals surface area contributed by atoms with Gasteiger partial charge in [-0.2, -0.15) is 0 Å². The SMILES string of the molecule is CN=C(NCC(O)c1ccc(Cl)s1)NC1CCN(c2ccccn2)CC1.I. The minimum atomic E-state index is -0.600. The number of aliphatic imine (C=N–C) groups is 1. The van der Waals surface area contributed by atoms with Crippen molar-refractivity contribution >= 4 is 58.7 Å². The Bertz CT molecular complexity index is 722. The van der Waals surface area contributed by atoms with Crippen LogP contribution >= 0.6 is 46.9 Å². The molecule has 0 bridgehead atoms. The number of anilines is 1. The number of guanidine groups is 1. The van der Waals surface area contributed by atoms with Gasteiger partial charge in [-0.15, -0.1) is 35.3 Å². The summed E-state index contributed by atoms with van der Waals surface area (Å²) in [5.41, 5.74) is 0. The van der Waals surface area contributed by atoms with Crippen LogP contribution in [0.3, 0.4) is 0 Å². The Kier molecular flexibility index (Phi) is 9.07. The number of aliphatic hydroxyl groups excluding tert-OH is 1. The first kappa shape index (κ1) is 22.2. The number of pyridine rings is 1. The molecule has 3 N–H and O–H groups in total. The van der Waals surface area contributed by atoms with Crippen LogP contribution in [0.2, 0.25) is 4.34 Å². The fourth-order valence-electron chi connectivity index (χ4n) is 2.98. The van der Waals surface area contributed by atoms with E-state index in [0.717, 1.165) is 36.6 Å². The summed E-state index contributed by atoms with van der Waals surface area (Å²) in [5, 5.41) is 16.9. The summed E-state index contributed by atoms with van der Waals surface area (Å²) in [5.74, 6) is 1.74. The van der Waals surface area contributed by atoms with Crippen LogP contribution in [0.15, 0.2) is 41.5 Å². The molecule has 148 valence electrons. The lowest BCUT2D eigenvalue weighted by molar-refractivity contribution is 0.184. The molecule has 2 aromatic rings. The first-order valence-corrected chi connectivity index (χ1v) is 9.91. The molecular formula is C18H25ClIN5OS. The summed E-state index contributed by atoms with van der Waals surface area (Å²) in [6.45, 7) is 2.31. The normalized spacial score (nSPS) is 16.6. The van der Waals surface area contributed by atoms with Crippen LogP contribution in [-0.2, 0) is 0 Å². The maximum Gasteiger partial charge on any atom is 0.191 e. The second kappa shape index (κ2) is 11.0. The van der Waals surface area contributed by atoms with E-state index < -0.39 is 6.10 Å². The van der Waals surface area contributed by atoms with Gasteiger partial charge in [0.2, 0.25) is 0 Å². The highest BCUT2D eigenvalue weighted by molar-refractivity contribution is 14.0. The Labute approximate surface area is 186 Å². The van der Waals surface area contributed by atoms with Crippen molar-refractivity contribution in [3.8, 4) is 0 Å². The Balaban J connectivity index is 0.00000261. The Morgan fingerprint density at radius 3 is 2.74 bits per heavy atom. The average Bonchev–Trinajstić information content (AvgIpc) is 3.12. The summed E-state index contributed by atoms with van der Waals surface area (Å²) in [6.07, 6.45) is 3.26. The van der Waals surface area contributed by atoms with E-state index in [2.05, 4.69) is 25.5 Å². The minimum Gasteiger partial charge on any atom is -0.386 e. The lowest BCUT2D eigenvalue weighted by Gasteiger charge is -2.33. The van der Waals surface area contributed by atoms with Gasteiger partial charge in [0.1, 0.15) is 11.9 Å². The predicted octanol–water partition coefficient (Wildman–Crippen LogP) is 3.28. The molecule has 6 nitrogen and oxygen atoms in total. The van der Waals surface area contributed by atoms with E-state index in [0.29, 0.717) is 22.9 Å². The molecule has 0 radical (unpaired) electrons. The molecule has 0 amide bonds. The molecule has 1 saturated heterocycles. The van der Waals surface area contributed by atoms with E-state index in [1.54, 1.807) is 13.1 Å². The maximum atomic E-state index is 10.2. The molecule has 3 heterocycles. The minimum absolute atomic E-state index is 0. The second-order valence-electron chi connectivity index (χ2n) is 6.20. The Hall–Kier alpha value is -1.10. The van der Waals surface area contributed by atoms with Gasteiger partial charge in [-0.1, -0.05) is 17.7 Å². The molecule has 1 atom stereocenters. The lowest BCUT2D eigenvalue weighted by Crippen LogP contribution is -2.49. The number of nitrogens with one attached hydrogen (secondary N) is 2. The highest BCUT2D eigenvalue weighted by Crippen LogP contribution is 2.26. The van der Waals surface area contributed by atoms with Crippen LogP contribution < -0.4 is 15.5 Å². The molecule has 2 aromatic heterocycles. The molecule has 0 aromatic carbocycles. The van der Waals surface area contributed by atoms with Gasteiger partial charge in [0.25, 0.3) is 0 Å². The van der Waals surface area contributed by atoms with Crippen LogP contribution in [0.4, 0.5) is 5.82 Å². The predicted molar refractivity (Wildman–Crippen MR) is 124 cm³/mol. The van der Waals surface area contributed by atoms with Gasteiger partial charge in [0, 0.05) is 43.8 Å². The summed E-state index contributed by atoms with van der Waals surface area (Å²) in [4.78, 5) is 11.8. The third-order valence-corrected chi connectivity index (χ3v) is 5.75. The van der Waals surface area contributed by atoms with E-state index >= 15 is 0 Å². The van der Waals surface area contributed by atoms with Crippen molar-refractivity contribution in [1.82, 2.24) is 15.6 Å². The fourth-order valence-corrected chi connectivity index (χ4v) is 4.03. The zero-order valence-corrected chi connectivity index (χ0v) is 19.0. The number of piperidine rings is 1. The largest absolute Gasteiger partial charge is 0.386 e. The Morgan fingerprint density at radius 1 is 1.37 bits per heavy atom. The van der Waals surface area contributed by atoms with Crippen molar-refractivity contribution < 1.29 is 5.11 Å². The molecule has 1 unspecified atom stereocenters. The number of halogens is 2. The quantitative estimate of drug-likeness (QED) is 0.320. The van der Waals surface area contributed by atoms with E-state index in [4.69, 9.17) is 11.6 Å². The number of aromatic nitrogens is 1. The van der Waals surface area contributed by atoms with Gasteiger partial charge in [0.15, 0.2) is 5.96 Å². The maximum absolute atomic E-state index is 10.2. The van der Waals surface area contributed by atoms with Crippen LogP contribution in [0.1, 0.15) is 23.8 Å². The standard InChI is InChI=1S/C18H24ClN5OS.HI/c1-20-18(22-12-14(25)15-5-6-16(19)26-15)23-13-7-10-24(11-8-13)17-4-2-3-9-21-17;/h2-6,9,13-14,25H,7-8,10-12H2,1H3,(H2,20,22,23);1H. The number of hydrogen-bond donors (Lipinski definition) is 3. The molecule has 3 rings (SSSR count). The van der Waals surface area contributed by atoms with Gasteiger partial charge in [-0.25, -0.2) is 4.98 Å². The van der Waals surface area contributed by atoms with Crippen LogP contribution in [0.25, 0.3) is 0 Å². The number of hydrogen-bond acceptors (Lipinski definition) is 5. The van der Waals surface area contributed by atoms with Crippen molar-refractivity contribution in [2.75, 3.05) is 31.6 Å². The fraction of sp³-hybridized carbons (Fsp3) is 0.444. The lowest BCUT2D eigenvalue weighted by atomic mass is 10.1. The highest BCUT2D eigenvalue weighted by atomic mass is 127. The van der Waals surface area contributed by atoms with Crippen molar-refractivity contribution in [3.05, 3.63) is 45.7 Å². The molecule has 27 heavy (non-hydrogen) atoms. The van der Waals surface area contributed by atoms with E-state index in [-0.39, 0.29) is 24.0 Å². The second-order valence-corrected chi connectivity index (χ2v) is 7.95. The number of nitrogens with zero attached hydrogens (tertiary/aromatic N) is 3. The molecular weight excluding hydrogens is 497 g/mol. The number of aliphatic hydroxyl groups is 1. The summed E-state index contributed by atoms with van der Waals surface area (Å²) in [6, 6.07) is 10.0. The molecule has 0 spiro atoms. The smallest absolute Gasteiger partial charge is 0.191 e. The first-order valence-electron chi connectivity index (χ1n) is 8.72. The van der Waals surface area contributed by atoms with Crippen LogP contribution in [0, 0.1) is 0 Å². The highest BCUT2D eigenvalue weighted by Gasteiger charge is 2.21. The zero-order valence-electron chi connectivity index (χ0n) is 15.1. The van der Waals surface area contributed by atoms with Crippen molar-refractivity contribution in [2.24, 2.45) is 4.99 Å². The third kappa shape index (κ3) is 6.48.